The molecule has 2 nitrogen and oxygen atoms in total. The molecule has 0 aromatic carbocycles. The molecule has 88 valence electrons. The molecule has 1 aliphatic carbocycles. The zero-order valence-corrected chi connectivity index (χ0v) is 12.5. The average Bonchev–Trinajstić information content (AvgIpc) is 2.18. The van der Waals surface area contributed by atoms with Crippen molar-refractivity contribution in [2.45, 2.75) is 31.7 Å². The Hall–Kier alpha value is 0.0700. The summed E-state index contributed by atoms with van der Waals surface area (Å²) in [5.74, 6) is 0.884. The van der Waals surface area contributed by atoms with E-state index >= 15 is 0 Å². The molecular formula is C12H16Br2N2. The van der Waals surface area contributed by atoms with Crippen LogP contribution in [0.1, 0.15) is 37.4 Å². The lowest BCUT2D eigenvalue weighted by Crippen LogP contribution is -2.24. The fourth-order valence-electron chi connectivity index (χ4n) is 2.11. The fraction of sp³-hybridized carbons (Fsp3) is 0.583. The summed E-state index contributed by atoms with van der Waals surface area (Å²) in [6.07, 6.45) is 7.23. The third kappa shape index (κ3) is 2.84. The third-order valence-electron chi connectivity index (χ3n) is 3.31. The van der Waals surface area contributed by atoms with Gasteiger partial charge in [0, 0.05) is 15.1 Å². The van der Waals surface area contributed by atoms with E-state index in [1.54, 1.807) is 0 Å². The first-order chi connectivity index (χ1) is 7.70. The number of pyridine rings is 1. The molecule has 1 aliphatic rings. The predicted octanol–water partition coefficient (Wildman–Crippen LogP) is 4.06. The highest BCUT2D eigenvalue weighted by molar-refractivity contribution is 9.11. The lowest BCUT2D eigenvalue weighted by Gasteiger charge is -2.29. The fourth-order valence-corrected chi connectivity index (χ4v) is 3.37. The summed E-state index contributed by atoms with van der Waals surface area (Å²) in [5.41, 5.74) is 1.12. The van der Waals surface area contributed by atoms with Crippen molar-refractivity contribution in [2.75, 3.05) is 7.05 Å². The molecule has 0 amide bonds. The van der Waals surface area contributed by atoms with Crippen LogP contribution in [0.4, 0.5) is 0 Å². The summed E-state index contributed by atoms with van der Waals surface area (Å²) < 4.78 is 2.10. The number of halogens is 2. The molecule has 1 fully saturated rings. The molecule has 2 rings (SSSR count). The van der Waals surface area contributed by atoms with Gasteiger partial charge >= 0.3 is 0 Å². The maximum atomic E-state index is 4.50. The molecule has 1 heterocycles. The van der Waals surface area contributed by atoms with Gasteiger partial charge in [-0.1, -0.05) is 19.3 Å². The summed E-state index contributed by atoms with van der Waals surface area (Å²) in [6.45, 7) is 0. The van der Waals surface area contributed by atoms with E-state index in [1.807, 2.05) is 13.2 Å². The molecular weight excluding hydrogens is 332 g/mol. The minimum Gasteiger partial charge on any atom is -0.312 e. The van der Waals surface area contributed by atoms with Crippen molar-refractivity contribution in [3.63, 3.8) is 0 Å². The Morgan fingerprint density at radius 1 is 1.50 bits per heavy atom. The Bertz CT molecular complexity index is 364. The van der Waals surface area contributed by atoms with E-state index in [2.05, 4.69) is 48.2 Å². The van der Waals surface area contributed by atoms with Gasteiger partial charge in [0.25, 0.3) is 0 Å². The Kier molecular flexibility index (Phi) is 4.39. The zero-order chi connectivity index (χ0) is 11.5. The topological polar surface area (TPSA) is 24.9 Å². The minimum atomic E-state index is 0.368. The van der Waals surface area contributed by atoms with Crippen LogP contribution in [-0.2, 0) is 0 Å². The van der Waals surface area contributed by atoms with Gasteiger partial charge in [-0.15, -0.1) is 0 Å². The van der Waals surface area contributed by atoms with E-state index in [0.29, 0.717) is 6.04 Å². The van der Waals surface area contributed by atoms with Crippen LogP contribution in [0.15, 0.2) is 21.2 Å². The third-order valence-corrected chi connectivity index (χ3v) is 4.38. The second-order valence-electron chi connectivity index (χ2n) is 4.39. The van der Waals surface area contributed by atoms with Gasteiger partial charge in [0.15, 0.2) is 0 Å². The van der Waals surface area contributed by atoms with E-state index in [0.717, 1.165) is 20.6 Å². The largest absolute Gasteiger partial charge is 0.312 e. The Balaban J connectivity index is 2.11. The average molecular weight is 348 g/mol. The van der Waals surface area contributed by atoms with Crippen molar-refractivity contribution in [3.8, 4) is 0 Å². The first-order valence-electron chi connectivity index (χ1n) is 5.69. The number of rotatable bonds is 4. The van der Waals surface area contributed by atoms with E-state index in [-0.39, 0.29) is 0 Å². The molecule has 4 heteroatoms. The Morgan fingerprint density at radius 2 is 2.25 bits per heavy atom. The van der Waals surface area contributed by atoms with Crippen molar-refractivity contribution in [1.29, 1.82) is 0 Å². The van der Waals surface area contributed by atoms with Crippen LogP contribution in [-0.4, -0.2) is 12.0 Å². The summed E-state index contributed by atoms with van der Waals surface area (Å²) in [6, 6.07) is 2.43. The molecule has 1 atom stereocenters. The first kappa shape index (κ1) is 12.5. The van der Waals surface area contributed by atoms with Crippen LogP contribution in [0, 0.1) is 5.92 Å². The zero-order valence-electron chi connectivity index (χ0n) is 9.34. The second-order valence-corrected chi connectivity index (χ2v) is 6.16. The molecule has 1 N–H and O–H groups in total. The molecule has 0 spiro atoms. The quantitative estimate of drug-likeness (QED) is 0.888. The lowest BCUT2D eigenvalue weighted by atomic mass is 9.80. The first-order valence-corrected chi connectivity index (χ1v) is 7.27. The maximum absolute atomic E-state index is 4.50. The van der Waals surface area contributed by atoms with Crippen molar-refractivity contribution >= 4 is 31.9 Å². The van der Waals surface area contributed by atoms with Gasteiger partial charge in [-0.3, -0.25) is 4.98 Å². The van der Waals surface area contributed by atoms with Gasteiger partial charge in [0.2, 0.25) is 0 Å². The highest BCUT2D eigenvalue weighted by atomic mass is 79.9. The molecule has 0 saturated heterocycles. The molecule has 1 saturated carbocycles. The number of hydrogen-bond acceptors (Lipinski definition) is 2. The van der Waals surface area contributed by atoms with Crippen LogP contribution in [0.2, 0.25) is 0 Å². The van der Waals surface area contributed by atoms with E-state index in [4.69, 9.17) is 0 Å². The van der Waals surface area contributed by atoms with E-state index in [1.165, 1.54) is 25.7 Å². The van der Waals surface area contributed by atoms with Crippen LogP contribution in [0.3, 0.4) is 0 Å². The monoisotopic (exact) mass is 346 g/mol. The molecule has 16 heavy (non-hydrogen) atoms. The van der Waals surface area contributed by atoms with Crippen LogP contribution < -0.4 is 5.32 Å². The molecule has 0 radical (unpaired) electrons. The highest BCUT2D eigenvalue weighted by Gasteiger charge is 2.24. The van der Waals surface area contributed by atoms with E-state index < -0.39 is 0 Å². The molecule has 1 aromatic heterocycles. The van der Waals surface area contributed by atoms with Gasteiger partial charge in [-0.25, -0.2) is 0 Å². The summed E-state index contributed by atoms with van der Waals surface area (Å²) >= 11 is 7.02. The minimum absolute atomic E-state index is 0.368. The summed E-state index contributed by atoms with van der Waals surface area (Å²) in [7, 11) is 2.01. The van der Waals surface area contributed by atoms with Crippen molar-refractivity contribution in [3.05, 3.63) is 26.9 Å². The number of nitrogens with one attached hydrogen (secondary N) is 1. The molecule has 0 bridgehead atoms. The van der Waals surface area contributed by atoms with Gasteiger partial charge < -0.3 is 5.32 Å². The number of hydrogen-bond donors (Lipinski definition) is 1. The van der Waals surface area contributed by atoms with Gasteiger partial charge in [0.1, 0.15) is 0 Å². The lowest BCUT2D eigenvalue weighted by molar-refractivity contribution is 0.263. The Morgan fingerprint density at radius 3 is 2.75 bits per heavy atom. The van der Waals surface area contributed by atoms with Gasteiger partial charge in [-0.05, 0) is 57.3 Å². The summed E-state index contributed by atoms with van der Waals surface area (Å²) in [4.78, 5) is 4.50. The van der Waals surface area contributed by atoms with Gasteiger partial charge in [0.05, 0.1) is 11.7 Å². The van der Waals surface area contributed by atoms with Crippen LogP contribution in [0.5, 0.6) is 0 Å². The molecule has 0 aliphatic heterocycles. The van der Waals surface area contributed by atoms with Crippen molar-refractivity contribution in [1.82, 2.24) is 10.3 Å². The maximum Gasteiger partial charge on any atom is 0.0715 e. The van der Waals surface area contributed by atoms with Gasteiger partial charge in [-0.2, -0.15) is 0 Å². The van der Waals surface area contributed by atoms with Crippen LogP contribution in [0.25, 0.3) is 0 Å². The smallest absolute Gasteiger partial charge is 0.0715 e. The number of aromatic nitrogens is 1. The predicted molar refractivity (Wildman–Crippen MR) is 73.4 cm³/mol. The van der Waals surface area contributed by atoms with Crippen molar-refractivity contribution in [2.24, 2.45) is 5.92 Å². The molecule has 1 unspecified atom stereocenters. The standard InChI is InChI=1S/C12H16Br2N2/c1-15-11(5-8-3-2-4-8)12-10(14)6-9(13)7-16-12/h6-8,11,15H,2-5H2,1H3. The van der Waals surface area contributed by atoms with Crippen LogP contribution >= 0.6 is 31.9 Å². The van der Waals surface area contributed by atoms with Crippen molar-refractivity contribution < 1.29 is 0 Å². The Labute approximate surface area is 113 Å². The SMILES string of the molecule is CNC(CC1CCC1)c1ncc(Br)cc1Br. The number of nitrogens with zero attached hydrogens (tertiary/aromatic N) is 1. The summed E-state index contributed by atoms with van der Waals surface area (Å²) in [5, 5.41) is 3.37. The highest BCUT2D eigenvalue weighted by Crippen LogP contribution is 2.36. The molecule has 1 aromatic rings. The second kappa shape index (κ2) is 5.61. The normalized spacial score (nSPS) is 18.2. The van der Waals surface area contributed by atoms with E-state index in [9.17, 15) is 0 Å².